The average Bonchev–Trinajstić information content (AvgIpc) is 2.68. The Labute approximate surface area is 166 Å². The molecule has 0 unspecified atom stereocenters. The van der Waals surface area contributed by atoms with Crippen molar-refractivity contribution in [2.45, 2.75) is 39.5 Å². The third-order valence-corrected chi connectivity index (χ3v) is 3.98. The van der Waals surface area contributed by atoms with E-state index in [1.165, 1.54) is 0 Å². The summed E-state index contributed by atoms with van der Waals surface area (Å²) in [4.78, 5) is 23.9. The van der Waals surface area contributed by atoms with Crippen LogP contribution in [-0.4, -0.2) is 25.0 Å². The summed E-state index contributed by atoms with van der Waals surface area (Å²) in [5.41, 5.74) is 2.15. The van der Waals surface area contributed by atoms with Gasteiger partial charge in [-0.3, -0.25) is 9.59 Å². The summed E-state index contributed by atoms with van der Waals surface area (Å²) < 4.78 is 5.62. The van der Waals surface area contributed by atoms with Crippen LogP contribution in [0.25, 0.3) is 0 Å². The van der Waals surface area contributed by atoms with Crippen molar-refractivity contribution in [2.24, 2.45) is 0 Å². The van der Waals surface area contributed by atoms with Crippen LogP contribution in [0.15, 0.2) is 48.5 Å². The molecule has 0 aliphatic heterocycles. The first-order valence-corrected chi connectivity index (χ1v) is 9.77. The van der Waals surface area contributed by atoms with E-state index in [9.17, 15) is 9.59 Å². The number of nitrogens with one attached hydrogen (secondary N) is 3. The van der Waals surface area contributed by atoms with Crippen LogP contribution in [0.1, 0.15) is 39.5 Å². The maximum absolute atomic E-state index is 12.2. The second-order valence-electron chi connectivity index (χ2n) is 6.51. The fraction of sp³-hybridized carbons (Fsp3) is 0.364. The topological polar surface area (TPSA) is 79.5 Å². The van der Waals surface area contributed by atoms with Crippen LogP contribution in [0.2, 0.25) is 0 Å². The summed E-state index contributed by atoms with van der Waals surface area (Å²) in [6.07, 6.45) is 3.40. The zero-order valence-electron chi connectivity index (χ0n) is 16.6. The molecule has 0 aliphatic rings. The van der Waals surface area contributed by atoms with E-state index in [2.05, 4.69) is 22.9 Å². The summed E-state index contributed by atoms with van der Waals surface area (Å²) >= 11 is 0. The number of amides is 2. The van der Waals surface area contributed by atoms with E-state index >= 15 is 0 Å². The van der Waals surface area contributed by atoms with Gasteiger partial charge in [0.1, 0.15) is 5.75 Å². The van der Waals surface area contributed by atoms with Gasteiger partial charge in [0.15, 0.2) is 0 Å². The minimum Gasteiger partial charge on any atom is -0.494 e. The molecule has 0 atom stereocenters. The number of rotatable bonds is 11. The van der Waals surface area contributed by atoms with E-state index < -0.39 is 0 Å². The molecule has 2 amide bonds. The molecule has 6 nitrogen and oxygen atoms in total. The highest BCUT2D eigenvalue weighted by Crippen LogP contribution is 2.17. The molecular weight excluding hydrogens is 354 g/mol. The normalized spacial score (nSPS) is 10.2. The van der Waals surface area contributed by atoms with Crippen molar-refractivity contribution < 1.29 is 14.3 Å². The summed E-state index contributed by atoms with van der Waals surface area (Å²) in [5, 5.41) is 8.73. The molecule has 0 radical (unpaired) electrons. The zero-order valence-corrected chi connectivity index (χ0v) is 16.6. The van der Waals surface area contributed by atoms with Gasteiger partial charge in [0.25, 0.3) is 0 Å². The van der Waals surface area contributed by atoms with Crippen molar-refractivity contribution >= 4 is 28.9 Å². The van der Waals surface area contributed by atoms with Crippen LogP contribution >= 0.6 is 0 Å². The Hall–Kier alpha value is -3.02. The Balaban J connectivity index is 1.80. The van der Waals surface area contributed by atoms with Crippen molar-refractivity contribution in [3.63, 3.8) is 0 Å². The number of hydrogen-bond donors (Lipinski definition) is 3. The fourth-order valence-electron chi connectivity index (χ4n) is 2.52. The van der Waals surface area contributed by atoms with Gasteiger partial charge in [0, 0.05) is 23.5 Å². The number of anilines is 3. The predicted octanol–water partition coefficient (Wildman–Crippen LogP) is 4.65. The minimum atomic E-state index is -0.166. The van der Waals surface area contributed by atoms with Crippen LogP contribution in [0, 0.1) is 0 Å². The molecule has 3 N–H and O–H groups in total. The maximum atomic E-state index is 12.2. The summed E-state index contributed by atoms with van der Waals surface area (Å²) in [6, 6.07) is 14.7. The van der Waals surface area contributed by atoms with Crippen molar-refractivity contribution in [1.29, 1.82) is 0 Å². The van der Waals surface area contributed by atoms with Crippen molar-refractivity contribution in [2.75, 3.05) is 29.1 Å². The molecule has 150 valence electrons. The Morgan fingerprint density at radius 2 is 1.54 bits per heavy atom. The molecule has 0 aliphatic carbocycles. The number of unbranched alkanes of at least 4 members (excludes halogenated alkanes) is 1. The Bertz CT molecular complexity index is 760. The monoisotopic (exact) mass is 383 g/mol. The van der Waals surface area contributed by atoms with Gasteiger partial charge in [0.05, 0.1) is 13.2 Å². The van der Waals surface area contributed by atoms with Crippen molar-refractivity contribution in [3.8, 4) is 5.75 Å². The number of ether oxygens (including phenoxy) is 1. The molecule has 2 aromatic rings. The molecule has 0 fully saturated rings. The lowest BCUT2D eigenvalue weighted by atomic mass is 10.2. The van der Waals surface area contributed by atoms with Gasteiger partial charge in [-0.15, -0.1) is 0 Å². The van der Waals surface area contributed by atoms with E-state index in [0.29, 0.717) is 24.4 Å². The maximum Gasteiger partial charge on any atom is 0.243 e. The fourth-order valence-corrected chi connectivity index (χ4v) is 2.52. The Kier molecular flexibility index (Phi) is 8.85. The molecule has 0 aromatic heterocycles. The molecule has 0 saturated carbocycles. The number of carbonyl (C=O) groups excluding carboxylic acids is 2. The van der Waals surface area contributed by atoms with Gasteiger partial charge in [-0.1, -0.05) is 26.3 Å². The largest absolute Gasteiger partial charge is 0.494 e. The minimum absolute atomic E-state index is 0.0326. The van der Waals surface area contributed by atoms with Gasteiger partial charge in [0.2, 0.25) is 11.8 Å². The molecular formula is C22H29N3O3. The average molecular weight is 383 g/mol. The summed E-state index contributed by atoms with van der Waals surface area (Å²) in [6.45, 7) is 4.93. The number of carbonyl (C=O) groups is 2. The lowest BCUT2D eigenvalue weighted by Crippen LogP contribution is -2.21. The highest BCUT2D eigenvalue weighted by molar-refractivity contribution is 5.95. The van der Waals surface area contributed by atoms with Crippen molar-refractivity contribution in [3.05, 3.63) is 48.5 Å². The molecule has 0 saturated heterocycles. The molecule has 6 heteroatoms. The van der Waals surface area contributed by atoms with Crippen LogP contribution in [0.3, 0.4) is 0 Å². The lowest BCUT2D eigenvalue weighted by molar-refractivity contribution is -0.116. The van der Waals surface area contributed by atoms with Crippen LogP contribution in [-0.2, 0) is 9.59 Å². The summed E-state index contributed by atoms with van der Waals surface area (Å²) in [5.74, 6) is 0.625. The quantitative estimate of drug-likeness (QED) is 0.493. The van der Waals surface area contributed by atoms with E-state index in [0.717, 1.165) is 30.7 Å². The first-order chi connectivity index (χ1) is 13.6. The highest BCUT2D eigenvalue weighted by Gasteiger charge is 2.05. The molecule has 0 heterocycles. The van der Waals surface area contributed by atoms with E-state index in [1.807, 2.05) is 31.2 Å². The summed E-state index contributed by atoms with van der Waals surface area (Å²) in [7, 11) is 0. The van der Waals surface area contributed by atoms with Gasteiger partial charge in [-0.05, 0) is 55.3 Å². The van der Waals surface area contributed by atoms with Crippen molar-refractivity contribution in [1.82, 2.24) is 0 Å². The molecule has 28 heavy (non-hydrogen) atoms. The van der Waals surface area contributed by atoms with Gasteiger partial charge in [-0.25, -0.2) is 0 Å². The van der Waals surface area contributed by atoms with Crippen LogP contribution < -0.4 is 20.7 Å². The van der Waals surface area contributed by atoms with Crippen LogP contribution in [0.4, 0.5) is 17.1 Å². The number of benzene rings is 2. The SMILES string of the molecule is CCCCOc1ccc(NCC(=O)Nc2cccc(NC(=O)CCC)c2)cc1. The second kappa shape index (κ2) is 11.6. The van der Waals surface area contributed by atoms with Gasteiger partial charge in [-0.2, -0.15) is 0 Å². The van der Waals surface area contributed by atoms with E-state index in [1.54, 1.807) is 24.3 Å². The molecule has 2 rings (SSSR count). The van der Waals surface area contributed by atoms with Gasteiger partial charge < -0.3 is 20.7 Å². The smallest absolute Gasteiger partial charge is 0.243 e. The first kappa shape index (κ1) is 21.3. The number of hydrogen-bond acceptors (Lipinski definition) is 4. The molecule has 0 spiro atoms. The molecule has 0 bridgehead atoms. The second-order valence-corrected chi connectivity index (χ2v) is 6.51. The lowest BCUT2D eigenvalue weighted by Gasteiger charge is -2.10. The Morgan fingerprint density at radius 1 is 0.857 bits per heavy atom. The molecule has 2 aromatic carbocycles. The van der Waals surface area contributed by atoms with E-state index in [-0.39, 0.29) is 18.4 Å². The van der Waals surface area contributed by atoms with E-state index in [4.69, 9.17) is 4.74 Å². The predicted molar refractivity (Wildman–Crippen MR) is 114 cm³/mol. The Morgan fingerprint density at radius 3 is 2.18 bits per heavy atom. The third kappa shape index (κ3) is 7.70. The third-order valence-electron chi connectivity index (χ3n) is 3.98. The van der Waals surface area contributed by atoms with Crippen LogP contribution in [0.5, 0.6) is 5.75 Å². The highest BCUT2D eigenvalue weighted by atomic mass is 16.5. The zero-order chi connectivity index (χ0) is 20.2. The standard InChI is InChI=1S/C22H29N3O3/c1-3-5-14-28-20-12-10-17(11-13-20)23-16-22(27)25-19-9-6-8-18(15-19)24-21(26)7-4-2/h6,8-13,15,23H,3-5,7,14,16H2,1-2H3,(H,24,26)(H,25,27). The first-order valence-electron chi connectivity index (χ1n) is 9.77. The van der Waals surface area contributed by atoms with Gasteiger partial charge >= 0.3 is 0 Å².